The van der Waals surface area contributed by atoms with Gasteiger partial charge in [0.05, 0.1) is 0 Å². The number of anilines is 2. The molecule has 2 aromatic carbocycles. The first-order valence-corrected chi connectivity index (χ1v) is 8.08. The van der Waals surface area contributed by atoms with E-state index in [4.69, 9.17) is 11.6 Å². The molecule has 118 valence electrons. The average molecular weight is 326 g/mol. The molecule has 23 heavy (non-hydrogen) atoms. The van der Waals surface area contributed by atoms with Gasteiger partial charge in [-0.05, 0) is 42.6 Å². The van der Waals surface area contributed by atoms with Crippen molar-refractivity contribution in [3.8, 4) is 0 Å². The van der Waals surface area contributed by atoms with Gasteiger partial charge in [-0.3, -0.25) is 0 Å². The molecule has 0 saturated heterocycles. The third-order valence-corrected chi connectivity index (χ3v) is 4.32. The molecule has 0 radical (unpaired) electrons. The van der Waals surface area contributed by atoms with Crippen molar-refractivity contribution in [3.63, 3.8) is 0 Å². The number of hydrogen-bond acceptors (Lipinski definition) is 3. The topological polar surface area (TPSA) is 28.2 Å². The van der Waals surface area contributed by atoms with E-state index in [1.165, 1.54) is 5.69 Å². The fourth-order valence-electron chi connectivity index (χ4n) is 2.54. The number of nitrogens with one attached hydrogen (secondary N) is 1. The van der Waals surface area contributed by atoms with E-state index < -0.39 is 0 Å². The summed E-state index contributed by atoms with van der Waals surface area (Å²) in [6.45, 7) is 3.07. The van der Waals surface area contributed by atoms with Gasteiger partial charge >= 0.3 is 0 Å². The minimum absolute atomic E-state index is 0.370. The molecule has 0 fully saturated rings. The molecule has 0 bridgehead atoms. The Balaban J connectivity index is 1.68. The van der Waals surface area contributed by atoms with E-state index >= 15 is 0 Å². The molecule has 0 saturated carbocycles. The van der Waals surface area contributed by atoms with Crippen LogP contribution in [0.4, 0.5) is 11.4 Å². The molecule has 4 heteroatoms. The maximum absolute atomic E-state index is 5.97. The third kappa shape index (κ3) is 3.74. The van der Waals surface area contributed by atoms with Gasteiger partial charge < -0.3 is 10.2 Å². The summed E-state index contributed by atoms with van der Waals surface area (Å²) in [6, 6.07) is 18.9. The molecule has 1 atom stereocenters. The standard InChI is InChI=1S/C19H20ClN3/c1-14(23(2)18-6-4-3-5-7-18)12-21-17-9-8-15-13-22-19(20)11-16(15)10-17/h3-11,13-14,21H,12H2,1-2H3. The van der Waals surface area contributed by atoms with Crippen LogP contribution in [0.15, 0.2) is 60.8 Å². The van der Waals surface area contributed by atoms with Gasteiger partial charge in [0.25, 0.3) is 0 Å². The van der Waals surface area contributed by atoms with Crippen LogP contribution in [-0.4, -0.2) is 24.6 Å². The fourth-order valence-corrected chi connectivity index (χ4v) is 2.71. The molecule has 0 aliphatic rings. The number of benzene rings is 2. The SMILES string of the molecule is CC(CNc1ccc2cnc(Cl)cc2c1)N(C)c1ccccc1. The number of nitrogens with zero attached hydrogens (tertiary/aromatic N) is 2. The van der Waals surface area contributed by atoms with Gasteiger partial charge in [0.1, 0.15) is 5.15 Å². The smallest absolute Gasteiger partial charge is 0.129 e. The van der Waals surface area contributed by atoms with E-state index in [0.717, 1.165) is 23.0 Å². The monoisotopic (exact) mass is 325 g/mol. The molecule has 1 N–H and O–H groups in total. The molecular weight excluding hydrogens is 306 g/mol. The van der Waals surface area contributed by atoms with Crippen LogP contribution < -0.4 is 10.2 Å². The predicted octanol–water partition coefficient (Wildman–Crippen LogP) is 4.83. The summed E-state index contributed by atoms with van der Waals surface area (Å²) >= 11 is 5.97. The highest BCUT2D eigenvalue weighted by molar-refractivity contribution is 6.30. The van der Waals surface area contributed by atoms with Crippen molar-refractivity contribution in [2.45, 2.75) is 13.0 Å². The molecule has 3 nitrogen and oxygen atoms in total. The lowest BCUT2D eigenvalue weighted by molar-refractivity contribution is 0.716. The number of halogens is 1. The molecule has 1 aromatic heterocycles. The third-order valence-electron chi connectivity index (χ3n) is 4.11. The first-order chi connectivity index (χ1) is 11.1. The highest BCUT2D eigenvalue weighted by Gasteiger charge is 2.09. The number of para-hydroxylation sites is 1. The normalized spacial score (nSPS) is 12.1. The van der Waals surface area contributed by atoms with Crippen molar-refractivity contribution in [2.24, 2.45) is 0 Å². The number of hydrogen-bond donors (Lipinski definition) is 1. The maximum Gasteiger partial charge on any atom is 0.129 e. The summed E-state index contributed by atoms with van der Waals surface area (Å²) < 4.78 is 0. The van der Waals surface area contributed by atoms with Gasteiger partial charge in [0, 0.05) is 42.6 Å². The number of aromatic nitrogens is 1. The predicted molar refractivity (Wildman–Crippen MR) is 99.5 cm³/mol. The lowest BCUT2D eigenvalue weighted by Gasteiger charge is -2.27. The first kappa shape index (κ1) is 15.6. The lowest BCUT2D eigenvalue weighted by Crippen LogP contribution is -2.34. The fraction of sp³-hybridized carbons (Fsp3) is 0.211. The van der Waals surface area contributed by atoms with E-state index in [0.29, 0.717) is 11.2 Å². The second-order valence-corrected chi connectivity index (χ2v) is 6.13. The van der Waals surface area contributed by atoms with Crippen LogP contribution in [-0.2, 0) is 0 Å². The van der Waals surface area contributed by atoms with Gasteiger partial charge in [-0.1, -0.05) is 35.9 Å². The maximum atomic E-state index is 5.97. The quantitative estimate of drug-likeness (QED) is 0.681. The van der Waals surface area contributed by atoms with Crippen molar-refractivity contribution in [1.82, 2.24) is 4.98 Å². The summed E-state index contributed by atoms with van der Waals surface area (Å²) in [6.07, 6.45) is 1.80. The molecule has 1 unspecified atom stereocenters. The highest BCUT2D eigenvalue weighted by Crippen LogP contribution is 2.21. The van der Waals surface area contributed by atoms with E-state index in [9.17, 15) is 0 Å². The second-order valence-electron chi connectivity index (χ2n) is 5.75. The van der Waals surface area contributed by atoms with E-state index in [2.05, 4.69) is 71.6 Å². The van der Waals surface area contributed by atoms with E-state index in [1.54, 1.807) is 6.20 Å². The zero-order valence-corrected chi connectivity index (χ0v) is 14.1. The number of fused-ring (bicyclic) bond motifs is 1. The zero-order valence-electron chi connectivity index (χ0n) is 13.3. The Morgan fingerprint density at radius 2 is 1.87 bits per heavy atom. The first-order valence-electron chi connectivity index (χ1n) is 7.70. The number of rotatable bonds is 5. The molecular formula is C19H20ClN3. The highest BCUT2D eigenvalue weighted by atomic mass is 35.5. The molecule has 3 rings (SSSR count). The van der Waals surface area contributed by atoms with Crippen molar-refractivity contribution < 1.29 is 0 Å². The zero-order chi connectivity index (χ0) is 16.2. The molecule has 0 amide bonds. The Bertz CT molecular complexity index is 789. The van der Waals surface area contributed by atoms with Crippen LogP contribution in [0.1, 0.15) is 6.92 Å². The Labute approximate surface area is 141 Å². The number of pyridine rings is 1. The summed E-state index contributed by atoms with van der Waals surface area (Å²) in [7, 11) is 2.12. The summed E-state index contributed by atoms with van der Waals surface area (Å²) in [5.41, 5.74) is 2.31. The molecule has 0 spiro atoms. The second kappa shape index (κ2) is 6.88. The lowest BCUT2D eigenvalue weighted by atomic mass is 10.1. The van der Waals surface area contributed by atoms with Crippen LogP contribution >= 0.6 is 11.6 Å². The largest absolute Gasteiger partial charge is 0.383 e. The van der Waals surface area contributed by atoms with Crippen LogP contribution in [0, 0.1) is 0 Å². The van der Waals surface area contributed by atoms with Gasteiger partial charge in [0.15, 0.2) is 0 Å². The van der Waals surface area contributed by atoms with Crippen LogP contribution in [0.2, 0.25) is 5.15 Å². The minimum Gasteiger partial charge on any atom is -0.383 e. The van der Waals surface area contributed by atoms with Crippen molar-refractivity contribution in [2.75, 3.05) is 23.8 Å². The molecule has 0 aliphatic heterocycles. The summed E-state index contributed by atoms with van der Waals surface area (Å²) in [5.74, 6) is 0. The Kier molecular flexibility index (Phi) is 4.68. The molecule has 0 aliphatic carbocycles. The number of likely N-dealkylation sites (N-methyl/N-ethyl adjacent to an activating group) is 1. The molecule has 3 aromatic rings. The van der Waals surface area contributed by atoms with Gasteiger partial charge in [-0.15, -0.1) is 0 Å². The summed E-state index contributed by atoms with van der Waals surface area (Å²) in [5, 5.41) is 6.21. The van der Waals surface area contributed by atoms with Crippen LogP contribution in [0.3, 0.4) is 0 Å². The van der Waals surface area contributed by atoms with Crippen LogP contribution in [0.5, 0.6) is 0 Å². The van der Waals surface area contributed by atoms with Gasteiger partial charge in [0.2, 0.25) is 0 Å². The van der Waals surface area contributed by atoms with Crippen molar-refractivity contribution >= 4 is 33.7 Å². The Morgan fingerprint density at radius 1 is 1.09 bits per heavy atom. The van der Waals surface area contributed by atoms with Gasteiger partial charge in [-0.2, -0.15) is 0 Å². The minimum atomic E-state index is 0.370. The van der Waals surface area contributed by atoms with E-state index in [-0.39, 0.29) is 0 Å². The van der Waals surface area contributed by atoms with Gasteiger partial charge in [-0.25, -0.2) is 4.98 Å². The molecule has 1 heterocycles. The van der Waals surface area contributed by atoms with Crippen molar-refractivity contribution in [1.29, 1.82) is 0 Å². The average Bonchev–Trinajstić information content (AvgIpc) is 2.59. The van der Waals surface area contributed by atoms with Crippen LogP contribution in [0.25, 0.3) is 10.8 Å². The van der Waals surface area contributed by atoms with E-state index in [1.807, 2.05) is 12.1 Å². The Morgan fingerprint density at radius 3 is 2.65 bits per heavy atom. The Hall–Kier alpha value is -2.26. The summed E-state index contributed by atoms with van der Waals surface area (Å²) in [4.78, 5) is 6.38. The van der Waals surface area contributed by atoms with Crippen molar-refractivity contribution in [3.05, 3.63) is 65.9 Å².